The zero-order valence-corrected chi connectivity index (χ0v) is 18.0. The largest absolute Gasteiger partial charge is 0.506 e. The summed E-state index contributed by atoms with van der Waals surface area (Å²) in [5.41, 5.74) is -1.35. The van der Waals surface area contributed by atoms with E-state index in [0.29, 0.717) is 0 Å². The van der Waals surface area contributed by atoms with E-state index < -0.39 is 29.1 Å². The van der Waals surface area contributed by atoms with Crippen molar-refractivity contribution in [1.29, 1.82) is 0 Å². The fourth-order valence-electron chi connectivity index (χ4n) is 2.70. The molecular formula is C19H13Br2F3N2O3. The highest BCUT2D eigenvalue weighted by Gasteiger charge is 2.43. The lowest BCUT2D eigenvalue weighted by molar-refractivity contribution is -0.137. The molecule has 0 aliphatic heterocycles. The van der Waals surface area contributed by atoms with Gasteiger partial charge in [-0.3, -0.25) is 4.79 Å². The van der Waals surface area contributed by atoms with Gasteiger partial charge in [-0.1, -0.05) is 35.5 Å². The number of phenolic OH excluding ortho intramolecular Hbond substituents is 1. The molecule has 0 fully saturated rings. The maximum atomic E-state index is 13.8. The molecule has 29 heavy (non-hydrogen) atoms. The first-order valence-electron chi connectivity index (χ1n) is 8.14. The van der Waals surface area contributed by atoms with E-state index in [9.17, 15) is 23.1 Å². The molecule has 3 rings (SSSR count). The van der Waals surface area contributed by atoms with Crippen LogP contribution >= 0.6 is 31.9 Å². The van der Waals surface area contributed by atoms with Crippen molar-refractivity contribution in [1.82, 2.24) is 10.1 Å². The first-order chi connectivity index (χ1) is 13.6. The van der Waals surface area contributed by atoms with Crippen LogP contribution in [0.2, 0.25) is 0 Å². The number of hydrogen-bond acceptors (Lipinski definition) is 4. The Balaban J connectivity index is 2.04. The Bertz CT molecular complexity index is 1030. The van der Waals surface area contributed by atoms with Gasteiger partial charge in [0.2, 0.25) is 0 Å². The van der Waals surface area contributed by atoms with E-state index in [2.05, 4.69) is 37.0 Å². The van der Waals surface area contributed by atoms with E-state index in [1.165, 1.54) is 19.2 Å². The Labute approximate surface area is 180 Å². The van der Waals surface area contributed by atoms with E-state index in [1.54, 1.807) is 30.3 Å². The van der Waals surface area contributed by atoms with Gasteiger partial charge in [0.05, 0.1) is 8.95 Å². The molecule has 0 radical (unpaired) electrons. The number of alkyl halides is 3. The Morgan fingerprint density at radius 2 is 1.76 bits per heavy atom. The maximum absolute atomic E-state index is 13.8. The van der Waals surface area contributed by atoms with Crippen LogP contribution < -0.4 is 0 Å². The minimum Gasteiger partial charge on any atom is -0.506 e. The van der Waals surface area contributed by atoms with Crippen LogP contribution in [0.5, 0.6) is 5.75 Å². The maximum Gasteiger partial charge on any atom is 0.422 e. The highest BCUT2D eigenvalue weighted by Crippen LogP contribution is 2.43. The highest BCUT2D eigenvalue weighted by atomic mass is 79.9. The van der Waals surface area contributed by atoms with Crippen LogP contribution in [0.15, 0.2) is 55.9 Å². The SMILES string of the molecule is CN(Cc1ccccc1)C(=O)c1noc(-c2cc(Br)c(O)c(Br)c2)c1C(F)(F)F. The first-order valence-corrected chi connectivity index (χ1v) is 9.72. The van der Waals surface area contributed by atoms with Crippen molar-refractivity contribution in [2.45, 2.75) is 12.7 Å². The number of halogens is 5. The smallest absolute Gasteiger partial charge is 0.422 e. The van der Waals surface area contributed by atoms with Crippen molar-refractivity contribution in [3.63, 3.8) is 0 Å². The Hall–Kier alpha value is -2.33. The molecule has 0 saturated heterocycles. The van der Waals surface area contributed by atoms with Gasteiger partial charge in [0.1, 0.15) is 11.3 Å². The number of aromatic nitrogens is 1. The quantitative estimate of drug-likeness (QED) is 0.456. The predicted octanol–water partition coefficient (Wildman–Crippen LogP) is 5.86. The van der Waals surface area contributed by atoms with Crippen molar-refractivity contribution >= 4 is 37.8 Å². The molecule has 0 saturated carbocycles. The van der Waals surface area contributed by atoms with E-state index in [0.717, 1.165) is 10.5 Å². The van der Waals surface area contributed by atoms with Crippen molar-refractivity contribution in [2.24, 2.45) is 0 Å². The van der Waals surface area contributed by atoms with E-state index in [-0.39, 0.29) is 26.8 Å². The third-order valence-electron chi connectivity index (χ3n) is 4.07. The molecule has 2 aromatic carbocycles. The third-order valence-corrected chi connectivity index (χ3v) is 5.28. The summed E-state index contributed by atoms with van der Waals surface area (Å²) in [4.78, 5) is 13.8. The molecule has 1 N–H and O–H groups in total. The summed E-state index contributed by atoms with van der Waals surface area (Å²) in [5.74, 6) is -1.72. The lowest BCUT2D eigenvalue weighted by Crippen LogP contribution is -2.28. The van der Waals surface area contributed by atoms with Crippen molar-refractivity contribution in [3.05, 3.63) is 68.2 Å². The molecule has 0 aliphatic rings. The lowest BCUT2D eigenvalue weighted by Gasteiger charge is -2.17. The number of phenols is 1. The lowest BCUT2D eigenvalue weighted by atomic mass is 10.1. The average Bonchev–Trinajstić information content (AvgIpc) is 3.11. The number of carbonyl (C=O) groups is 1. The highest BCUT2D eigenvalue weighted by molar-refractivity contribution is 9.11. The molecule has 152 valence electrons. The second kappa shape index (κ2) is 8.19. The van der Waals surface area contributed by atoms with Gasteiger partial charge < -0.3 is 14.5 Å². The molecule has 0 bridgehead atoms. The van der Waals surface area contributed by atoms with E-state index in [1.807, 2.05) is 0 Å². The Morgan fingerprint density at radius 1 is 1.17 bits per heavy atom. The molecule has 1 aromatic heterocycles. The number of hydrogen-bond donors (Lipinski definition) is 1. The molecule has 1 amide bonds. The normalized spacial score (nSPS) is 11.5. The van der Waals surface area contributed by atoms with Gasteiger partial charge in [0.25, 0.3) is 5.91 Å². The van der Waals surface area contributed by atoms with Gasteiger partial charge in [0.15, 0.2) is 11.5 Å². The minimum atomic E-state index is -4.88. The summed E-state index contributed by atoms with van der Waals surface area (Å²) in [5, 5.41) is 13.2. The van der Waals surface area contributed by atoms with Crippen molar-refractivity contribution in [2.75, 3.05) is 7.05 Å². The number of rotatable bonds is 4. The van der Waals surface area contributed by atoms with Crippen LogP contribution in [0.4, 0.5) is 13.2 Å². The van der Waals surface area contributed by atoms with Gasteiger partial charge >= 0.3 is 6.18 Å². The second-order valence-corrected chi connectivity index (χ2v) is 7.88. The minimum absolute atomic E-state index is 0.00821. The zero-order chi connectivity index (χ0) is 21.3. The van der Waals surface area contributed by atoms with Crippen LogP contribution in [0.1, 0.15) is 21.6 Å². The standard InChI is InChI=1S/C19H13Br2F3N2O3/c1-26(9-10-5-3-2-4-6-10)18(28)15-14(19(22,23)24)17(29-25-15)11-7-12(20)16(27)13(21)8-11/h2-8,27H,9H2,1H3. The van der Waals surface area contributed by atoms with Crippen LogP contribution in [-0.2, 0) is 12.7 Å². The first kappa shape index (κ1) is 21.4. The number of aromatic hydroxyl groups is 1. The molecule has 3 aromatic rings. The van der Waals surface area contributed by atoms with Gasteiger partial charge in [-0.25, -0.2) is 0 Å². The summed E-state index contributed by atoms with van der Waals surface area (Å²) in [6, 6.07) is 11.3. The van der Waals surface area contributed by atoms with Gasteiger partial charge in [0, 0.05) is 19.2 Å². The summed E-state index contributed by atoms with van der Waals surface area (Å²) >= 11 is 6.13. The van der Waals surface area contributed by atoms with Crippen LogP contribution in [0.3, 0.4) is 0 Å². The molecule has 5 nitrogen and oxygen atoms in total. The fraction of sp³-hybridized carbons (Fsp3) is 0.158. The van der Waals surface area contributed by atoms with Gasteiger partial charge in [-0.05, 0) is 49.6 Å². The number of carbonyl (C=O) groups excluding carboxylic acids is 1. The summed E-state index contributed by atoms with van der Waals surface area (Å²) in [6.45, 7) is 0.107. The molecule has 10 heteroatoms. The fourth-order valence-corrected chi connectivity index (χ4v) is 3.89. The van der Waals surface area contributed by atoms with Crippen LogP contribution in [0.25, 0.3) is 11.3 Å². The predicted molar refractivity (Wildman–Crippen MR) is 106 cm³/mol. The topological polar surface area (TPSA) is 66.6 Å². The molecule has 0 aliphatic carbocycles. The van der Waals surface area contributed by atoms with E-state index in [4.69, 9.17) is 4.52 Å². The third kappa shape index (κ3) is 4.48. The molecule has 0 spiro atoms. The monoisotopic (exact) mass is 532 g/mol. The van der Waals surface area contributed by atoms with Crippen molar-refractivity contribution < 1.29 is 27.6 Å². The molecule has 1 heterocycles. The second-order valence-electron chi connectivity index (χ2n) is 6.17. The van der Waals surface area contributed by atoms with Crippen LogP contribution in [0, 0.1) is 0 Å². The van der Waals surface area contributed by atoms with E-state index >= 15 is 0 Å². The van der Waals surface area contributed by atoms with Gasteiger partial charge in [-0.2, -0.15) is 13.2 Å². The zero-order valence-electron chi connectivity index (χ0n) is 14.8. The number of benzene rings is 2. The van der Waals surface area contributed by atoms with Crippen molar-refractivity contribution in [3.8, 4) is 17.1 Å². The molecular weight excluding hydrogens is 521 g/mol. The molecule has 0 unspecified atom stereocenters. The van der Waals surface area contributed by atoms with Crippen LogP contribution in [-0.4, -0.2) is 28.1 Å². The summed E-state index contributed by atoms with van der Waals surface area (Å²) < 4.78 is 46.7. The summed E-state index contributed by atoms with van der Waals surface area (Å²) in [7, 11) is 1.39. The molecule has 0 atom stereocenters. The Morgan fingerprint density at radius 3 is 2.31 bits per heavy atom. The number of nitrogens with zero attached hydrogens (tertiary/aromatic N) is 2. The number of amides is 1. The summed E-state index contributed by atoms with van der Waals surface area (Å²) in [6.07, 6.45) is -4.88. The average molecular weight is 534 g/mol. The van der Waals surface area contributed by atoms with Gasteiger partial charge in [-0.15, -0.1) is 0 Å². The Kier molecular flexibility index (Phi) is 6.04.